The number of nitrogens with one attached hydrogen (secondary N) is 1. The van der Waals surface area contributed by atoms with Gasteiger partial charge in [0, 0.05) is 6.42 Å². The molecular weight excluding hydrogens is 780 g/mol. The molecule has 362 valence electrons. The topological polar surface area (TPSA) is 105 Å². The van der Waals surface area contributed by atoms with Gasteiger partial charge in [-0.05, 0) is 32.1 Å². The first-order valence-corrected chi connectivity index (χ1v) is 27.7. The van der Waals surface area contributed by atoms with Gasteiger partial charge >= 0.3 is 7.82 Å². The molecule has 0 aliphatic heterocycles. The number of quaternary nitrogens is 1. The van der Waals surface area contributed by atoms with Gasteiger partial charge in [-0.1, -0.05) is 237 Å². The molecule has 0 aromatic rings. The Morgan fingerprint density at radius 3 is 1.31 bits per heavy atom. The van der Waals surface area contributed by atoms with E-state index in [4.69, 9.17) is 9.05 Å². The number of hydrogen-bond donors (Lipinski definition) is 3. The first-order valence-electron chi connectivity index (χ1n) is 26.2. The Balaban J connectivity index is 4.24. The van der Waals surface area contributed by atoms with E-state index in [2.05, 4.69) is 31.3 Å². The van der Waals surface area contributed by atoms with E-state index in [1.54, 1.807) is 6.08 Å². The Hall–Kier alpha value is -1.02. The molecule has 0 spiro atoms. The zero-order chi connectivity index (χ0) is 45.0. The summed E-state index contributed by atoms with van der Waals surface area (Å²) in [6.07, 6.45) is 54.2. The number of aliphatic hydroxyl groups excluding tert-OH is 1. The van der Waals surface area contributed by atoms with E-state index in [1.807, 2.05) is 27.2 Å². The monoisotopic (exact) mass is 884 g/mol. The summed E-state index contributed by atoms with van der Waals surface area (Å²) in [6, 6.07) is -0.858. The summed E-state index contributed by atoms with van der Waals surface area (Å²) in [5, 5.41) is 13.9. The molecule has 0 saturated carbocycles. The quantitative estimate of drug-likeness (QED) is 0.0243. The molecule has 3 atom stereocenters. The van der Waals surface area contributed by atoms with E-state index in [-0.39, 0.29) is 19.1 Å². The van der Waals surface area contributed by atoms with Gasteiger partial charge in [0.25, 0.3) is 0 Å². The normalized spacial score (nSPS) is 14.3. The molecule has 3 unspecified atom stereocenters. The SMILES string of the molecule is CCCCCCCCCCCCCCCCCCCCCC/C=C/CC/C=C/C(O)C(COP(=O)(O)OCC[N+](C)(C)C)NC(=O)CCCCCCCCCCCCCCC. The van der Waals surface area contributed by atoms with E-state index in [0.717, 1.165) is 38.5 Å². The fourth-order valence-corrected chi connectivity index (χ4v) is 8.50. The number of carbonyl (C=O) groups excluding carboxylic acids is 1. The molecule has 0 bridgehead atoms. The highest BCUT2D eigenvalue weighted by Gasteiger charge is 2.27. The van der Waals surface area contributed by atoms with Gasteiger partial charge in [0.05, 0.1) is 39.9 Å². The van der Waals surface area contributed by atoms with Crippen molar-refractivity contribution in [2.24, 2.45) is 0 Å². The van der Waals surface area contributed by atoms with Gasteiger partial charge in [-0.25, -0.2) is 4.57 Å². The van der Waals surface area contributed by atoms with Gasteiger partial charge in [0.1, 0.15) is 13.2 Å². The zero-order valence-electron chi connectivity index (χ0n) is 41.2. The highest BCUT2D eigenvalue weighted by molar-refractivity contribution is 7.47. The summed E-state index contributed by atoms with van der Waals surface area (Å²) in [7, 11) is 1.56. The van der Waals surface area contributed by atoms with Crippen molar-refractivity contribution < 1.29 is 32.9 Å². The van der Waals surface area contributed by atoms with Crippen molar-refractivity contribution in [3.8, 4) is 0 Å². The van der Waals surface area contributed by atoms with Gasteiger partial charge in [0.15, 0.2) is 0 Å². The number of allylic oxidation sites excluding steroid dienone is 3. The van der Waals surface area contributed by atoms with Gasteiger partial charge in [-0.3, -0.25) is 13.8 Å². The smallest absolute Gasteiger partial charge is 0.387 e. The maximum absolute atomic E-state index is 12.9. The molecule has 0 aromatic heterocycles. The number of phosphoric ester groups is 1. The molecule has 0 aliphatic rings. The fourth-order valence-electron chi connectivity index (χ4n) is 7.77. The third kappa shape index (κ3) is 46.8. The minimum Gasteiger partial charge on any atom is -0.387 e. The highest BCUT2D eigenvalue weighted by atomic mass is 31.2. The lowest BCUT2D eigenvalue weighted by Crippen LogP contribution is -2.45. The first-order chi connectivity index (χ1) is 29.5. The molecule has 0 heterocycles. The molecule has 61 heavy (non-hydrogen) atoms. The van der Waals surface area contributed by atoms with Gasteiger partial charge in [0.2, 0.25) is 5.91 Å². The molecule has 0 radical (unpaired) electrons. The summed E-state index contributed by atoms with van der Waals surface area (Å²) in [4.78, 5) is 23.2. The Morgan fingerprint density at radius 2 is 0.902 bits per heavy atom. The number of rotatable bonds is 48. The molecule has 3 N–H and O–H groups in total. The number of unbranched alkanes of at least 4 members (excludes halogenated alkanes) is 33. The molecule has 0 aromatic carbocycles. The van der Waals surface area contributed by atoms with Crippen molar-refractivity contribution in [2.45, 2.75) is 264 Å². The van der Waals surface area contributed by atoms with Gasteiger partial charge < -0.3 is 19.8 Å². The van der Waals surface area contributed by atoms with Crippen LogP contribution >= 0.6 is 7.82 Å². The summed E-state index contributed by atoms with van der Waals surface area (Å²) in [5.41, 5.74) is 0. The molecule has 0 fully saturated rings. The number of phosphoric acid groups is 1. The van der Waals surface area contributed by atoms with E-state index in [1.165, 1.54) is 193 Å². The maximum Gasteiger partial charge on any atom is 0.472 e. The van der Waals surface area contributed by atoms with Crippen LogP contribution in [0.15, 0.2) is 24.3 Å². The molecule has 0 rings (SSSR count). The van der Waals surface area contributed by atoms with E-state index >= 15 is 0 Å². The average Bonchev–Trinajstić information content (AvgIpc) is 3.21. The Bertz CT molecular complexity index is 1050. The van der Waals surface area contributed by atoms with Crippen LogP contribution < -0.4 is 5.32 Å². The van der Waals surface area contributed by atoms with Crippen molar-refractivity contribution in [3.63, 3.8) is 0 Å². The van der Waals surface area contributed by atoms with Crippen LogP contribution in [0, 0.1) is 0 Å². The van der Waals surface area contributed by atoms with Crippen LogP contribution in [-0.4, -0.2) is 73.4 Å². The number of nitrogens with zero attached hydrogens (tertiary/aromatic N) is 1. The van der Waals surface area contributed by atoms with Crippen LogP contribution in [-0.2, 0) is 18.4 Å². The standard InChI is InChI=1S/C52H103N2O6P/c1-6-8-10-12-14-16-18-20-21-22-23-24-25-26-27-28-29-30-31-32-34-35-37-39-41-43-45-51(55)50(49-60-61(57,58)59-48-47-54(3,4)5)53-52(56)46-44-42-40-38-36-33-19-17-15-13-11-9-7-2/h35,37,43,45,50-51,55H,6-34,36,38-42,44,46-49H2,1-5H3,(H-,53,56,57,58)/p+1/b37-35+,45-43+. The van der Waals surface area contributed by atoms with Crippen molar-refractivity contribution in [1.29, 1.82) is 0 Å². The number of amides is 1. The third-order valence-electron chi connectivity index (χ3n) is 11.9. The molecule has 0 aliphatic carbocycles. The predicted molar refractivity (Wildman–Crippen MR) is 263 cm³/mol. The Labute approximate surface area is 379 Å². The fraction of sp³-hybridized carbons (Fsp3) is 0.904. The summed E-state index contributed by atoms with van der Waals surface area (Å²) in [5.74, 6) is -0.184. The molecular formula is C52H104N2O6P+. The molecule has 8 nitrogen and oxygen atoms in total. The second-order valence-corrected chi connectivity index (χ2v) is 20.7. The Kier molecular flexibility index (Phi) is 43.5. The van der Waals surface area contributed by atoms with Gasteiger partial charge in [-0.15, -0.1) is 0 Å². The van der Waals surface area contributed by atoms with E-state index < -0.39 is 20.0 Å². The number of aliphatic hydroxyl groups is 1. The van der Waals surface area contributed by atoms with Crippen LogP contribution in [0.3, 0.4) is 0 Å². The van der Waals surface area contributed by atoms with Crippen molar-refractivity contribution in [2.75, 3.05) is 40.9 Å². The summed E-state index contributed by atoms with van der Waals surface area (Å²) >= 11 is 0. The lowest BCUT2D eigenvalue weighted by Gasteiger charge is -2.25. The second-order valence-electron chi connectivity index (χ2n) is 19.3. The van der Waals surface area contributed by atoms with Crippen LogP contribution in [0.5, 0.6) is 0 Å². The third-order valence-corrected chi connectivity index (χ3v) is 12.9. The average molecular weight is 884 g/mol. The summed E-state index contributed by atoms with van der Waals surface area (Å²) in [6.45, 7) is 4.82. The molecule has 1 amide bonds. The van der Waals surface area contributed by atoms with Crippen molar-refractivity contribution in [1.82, 2.24) is 5.32 Å². The van der Waals surface area contributed by atoms with Crippen molar-refractivity contribution >= 4 is 13.7 Å². The second kappa shape index (κ2) is 44.2. The zero-order valence-corrected chi connectivity index (χ0v) is 42.1. The number of hydrogen-bond acceptors (Lipinski definition) is 5. The van der Waals surface area contributed by atoms with Crippen LogP contribution in [0.4, 0.5) is 0 Å². The molecule has 0 saturated heterocycles. The molecule has 9 heteroatoms. The van der Waals surface area contributed by atoms with E-state index in [0.29, 0.717) is 17.4 Å². The van der Waals surface area contributed by atoms with Crippen LogP contribution in [0.25, 0.3) is 0 Å². The Morgan fingerprint density at radius 1 is 0.541 bits per heavy atom. The lowest BCUT2D eigenvalue weighted by atomic mass is 10.0. The van der Waals surface area contributed by atoms with E-state index in [9.17, 15) is 19.4 Å². The summed E-state index contributed by atoms with van der Waals surface area (Å²) < 4.78 is 23.6. The minimum atomic E-state index is -4.34. The van der Waals surface area contributed by atoms with Crippen molar-refractivity contribution in [3.05, 3.63) is 24.3 Å². The minimum absolute atomic E-state index is 0.0584. The van der Waals surface area contributed by atoms with Crippen LogP contribution in [0.1, 0.15) is 251 Å². The predicted octanol–water partition coefficient (Wildman–Crippen LogP) is 15.3. The number of carbonyl (C=O) groups is 1. The first kappa shape index (κ1) is 60.0. The largest absolute Gasteiger partial charge is 0.472 e. The lowest BCUT2D eigenvalue weighted by molar-refractivity contribution is -0.870. The maximum atomic E-state index is 12.9. The van der Waals surface area contributed by atoms with Crippen LogP contribution in [0.2, 0.25) is 0 Å². The number of likely N-dealkylation sites (N-methyl/N-ethyl adjacent to an activating group) is 1. The van der Waals surface area contributed by atoms with Gasteiger partial charge in [-0.2, -0.15) is 0 Å². The highest BCUT2D eigenvalue weighted by Crippen LogP contribution is 2.43.